The van der Waals surface area contributed by atoms with E-state index in [1.807, 2.05) is 6.07 Å². The minimum absolute atomic E-state index is 0.130. The Morgan fingerprint density at radius 2 is 2.00 bits per heavy atom. The van der Waals surface area contributed by atoms with Gasteiger partial charge in [0, 0.05) is 0 Å². The number of benzene rings is 1. The van der Waals surface area contributed by atoms with Crippen LogP contribution >= 0.6 is 0 Å². The SMILES string of the molecule is CC(C)C(NCC(=O)Nc1ccccc1C#N)C(=O)O. The number of nitrogens with one attached hydrogen (secondary N) is 2. The van der Waals surface area contributed by atoms with Gasteiger partial charge in [0.1, 0.15) is 12.1 Å². The zero-order valence-corrected chi connectivity index (χ0v) is 11.4. The fourth-order valence-corrected chi connectivity index (χ4v) is 1.69. The van der Waals surface area contributed by atoms with Crippen LogP contribution in [0.2, 0.25) is 0 Å². The number of hydrogen-bond acceptors (Lipinski definition) is 4. The van der Waals surface area contributed by atoms with E-state index in [4.69, 9.17) is 10.4 Å². The molecule has 1 aromatic carbocycles. The lowest BCUT2D eigenvalue weighted by Gasteiger charge is -2.17. The van der Waals surface area contributed by atoms with Crippen molar-refractivity contribution >= 4 is 17.6 Å². The van der Waals surface area contributed by atoms with Gasteiger partial charge in [-0.05, 0) is 18.1 Å². The first-order valence-corrected chi connectivity index (χ1v) is 6.21. The Bertz CT molecular complexity index is 535. The van der Waals surface area contributed by atoms with Crippen molar-refractivity contribution in [1.82, 2.24) is 5.32 Å². The number of para-hydroxylation sites is 1. The lowest BCUT2D eigenvalue weighted by atomic mass is 10.1. The summed E-state index contributed by atoms with van der Waals surface area (Å²) in [7, 11) is 0. The molecule has 0 aliphatic carbocycles. The van der Waals surface area contributed by atoms with Crippen molar-refractivity contribution in [2.24, 2.45) is 5.92 Å². The third kappa shape index (κ3) is 4.37. The molecule has 0 aliphatic heterocycles. The molecule has 0 aliphatic rings. The predicted octanol–water partition coefficient (Wildman–Crippen LogP) is 1.20. The van der Waals surface area contributed by atoms with Crippen LogP contribution in [-0.4, -0.2) is 29.6 Å². The molecule has 1 rings (SSSR count). The van der Waals surface area contributed by atoms with Gasteiger partial charge in [0.2, 0.25) is 5.91 Å². The molecule has 0 spiro atoms. The van der Waals surface area contributed by atoms with Crippen LogP contribution < -0.4 is 10.6 Å². The third-order valence-electron chi connectivity index (χ3n) is 2.74. The van der Waals surface area contributed by atoms with Crippen LogP contribution in [0.15, 0.2) is 24.3 Å². The number of carboxylic acid groups (broad SMARTS) is 1. The standard InChI is InChI=1S/C14H17N3O3/c1-9(2)13(14(19)20)16-8-12(18)17-11-6-4-3-5-10(11)7-15/h3-6,9,13,16H,8H2,1-2H3,(H,17,18)(H,19,20). The molecule has 0 saturated heterocycles. The van der Waals surface area contributed by atoms with Gasteiger partial charge in [-0.1, -0.05) is 26.0 Å². The summed E-state index contributed by atoms with van der Waals surface area (Å²) < 4.78 is 0. The maximum Gasteiger partial charge on any atom is 0.320 e. The summed E-state index contributed by atoms with van der Waals surface area (Å²) in [5.41, 5.74) is 0.776. The van der Waals surface area contributed by atoms with Crippen molar-refractivity contribution in [2.75, 3.05) is 11.9 Å². The van der Waals surface area contributed by atoms with Crippen molar-refractivity contribution < 1.29 is 14.7 Å². The molecule has 1 aromatic rings. The summed E-state index contributed by atoms with van der Waals surface area (Å²) in [5, 5.41) is 23.2. The Balaban J connectivity index is 2.60. The number of hydrogen-bond donors (Lipinski definition) is 3. The Kier molecular flexibility index (Phi) is 5.69. The average Bonchev–Trinajstić information content (AvgIpc) is 2.38. The second kappa shape index (κ2) is 7.26. The summed E-state index contributed by atoms with van der Waals surface area (Å²) in [5.74, 6) is -1.52. The van der Waals surface area contributed by atoms with Gasteiger partial charge in [0.25, 0.3) is 0 Å². The molecule has 6 nitrogen and oxygen atoms in total. The lowest BCUT2D eigenvalue weighted by Crippen LogP contribution is -2.44. The van der Waals surface area contributed by atoms with Crippen molar-refractivity contribution in [2.45, 2.75) is 19.9 Å². The number of carbonyl (C=O) groups is 2. The minimum atomic E-state index is -0.995. The number of aliphatic carboxylic acids is 1. The highest BCUT2D eigenvalue weighted by Gasteiger charge is 2.21. The van der Waals surface area contributed by atoms with Crippen LogP contribution in [0.4, 0.5) is 5.69 Å². The van der Waals surface area contributed by atoms with E-state index in [0.717, 1.165) is 0 Å². The molecule has 0 fully saturated rings. The molecule has 0 saturated carbocycles. The number of amides is 1. The van der Waals surface area contributed by atoms with Gasteiger partial charge in [0.05, 0.1) is 17.8 Å². The maximum atomic E-state index is 11.8. The second-order valence-corrected chi connectivity index (χ2v) is 4.65. The minimum Gasteiger partial charge on any atom is -0.480 e. The summed E-state index contributed by atoms with van der Waals surface area (Å²) in [6.07, 6.45) is 0. The summed E-state index contributed by atoms with van der Waals surface area (Å²) in [4.78, 5) is 22.7. The molecular weight excluding hydrogens is 258 g/mol. The molecule has 106 valence electrons. The monoisotopic (exact) mass is 275 g/mol. The number of carboxylic acids is 1. The molecule has 0 radical (unpaired) electrons. The highest BCUT2D eigenvalue weighted by molar-refractivity contribution is 5.93. The zero-order valence-electron chi connectivity index (χ0n) is 11.4. The van der Waals surface area contributed by atoms with E-state index < -0.39 is 12.0 Å². The van der Waals surface area contributed by atoms with Gasteiger partial charge >= 0.3 is 5.97 Å². The van der Waals surface area contributed by atoms with Gasteiger partial charge in [-0.15, -0.1) is 0 Å². The molecular formula is C14H17N3O3. The lowest BCUT2D eigenvalue weighted by molar-refractivity contribution is -0.140. The molecule has 1 unspecified atom stereocenters. The first-order chi connectivity index (χ1) is 9.45. The van der Waals surface area contributed by atoms with Gasteiger partial charge in [-0.2, -0.15) is 5.26 Å². The van der Waals surface area contributed by atoms with E-state index in [-0.39, 0.29) is 18.4 Å². The van der Waals surface area contributed by atoms with E-state index in [9.17, 15) is 9.59 Å². The number of anilines is 1. The van der Waals surface area contributed by atoms with Crippen molar-refractivity contribution in [3.05, 3.63) is 29.8 Å². The molecule has 0 bridgehead atoms. The average molecular weight is 275 g/mol. The number of carbonyl (C=O) groups excluding carboxylic acids is 1. The predicted molar refractivity (Wildman–Crippen MR) is 74.1 cm³/mol. The molecule has 0 heterocycles. The van der Waals surface area contributed by atoms with Gasteiger partial charge < -0.3 is 10.4 Å². The van der Waals surface area contributed by atoms with Crippen LogP contribution in [-0.2, 0) is 9.59 Å². The normalized spacial score (nSPS) is 11.7. The van der Waals surface area contributed by atoms with Crippen LogP contribution in [0, 0.1) is 17.2 Å². The number of nitriles is 1. The Morgan fingerprint density at radius 3 is 2.55 bits per heavy atom. The van der Waals surface area contributed by atoms with Crippen molar-refractivity contribution in [1.29, 1.82) is 5.26 Å². The van der Waals surface area contributed by atoms with E-state index in [1.165, 1.54) is 0 Å². The van der Waals surface area contributed by atoms with Crippen LogP contribution in [0.1, 0.15) is 19.4 Å². The Morgan fingerprint density at radius 1 is 1.35 bits per heavy atom. The van der Waals surface area contributed by atoms with Crippen molar-refractivity contribution in [3.8, 4) is 6.07 Å². The molecule has 1 atom stereocenters. The van der Waals surface area contributed by atoms with Crippen molar-refractivity contribution in [3.63, 3.8) is 0 Å². The van der Waals surface area contributed by atoms with Gasteiger partial charge in [0.15, 0.2) is 0 Å². The highest BCUT2D eigenvalue weighted by Crippen LogP contribution is 2.13. The van der Waals surface area contributed by atoms with Gasteiger partial charge in [-0.25, -0.2) is 0 Å². The molecule has 1 amide bonds. The Hall–Kier alpha value is -2.39. The topological polar surface area (TPSA) is 102 Å². The second-order valence-electron chi connectivity index (χ2n) is 4.65. The van der Waals surface area contributed by atoms with Crippen LogP contribution in [0.25, 0.3) is 0 Å². The highest BCUT2D eigenvalue weighted by atomic mass is 16.4. The Labute approximate surface area is 117 Å². The summed E-state index contributed by atoms with van der Waals surface area (Å²) >= 11 is 0. The van der Waals surface area contributed by atoms with Crippen LogP contribution in [0.5, 0.6) is 0 Å². The van der Waals surface area contributed by atoms with E-state index >= 15 is 0 Å². The number of nitrogens with zero attached hydrogens (tertiary/aromatic N) is 1. The van der Waals surface area contributed by atoms with Crippen LogP contribution in [0.3, 0.4) is 0 Å². The van der Waals surface area contributed by atoms with E-state index in [0.29, 0.717) is 11.3 Å². The fourth-order valence-electron chi connectivity index (χ4n) is 1.69. The zero-order chi connectivity index (χ0) is 15.1. The van der Waals surface area contributed by atoms with E-state index in [1.54, 1.807) is 38.1 Å². The summed E-state index contributed by atoms with van der Waals surface area (Å²) in [6.45, 7) is 3.39. The molecule has 3 N–H and O–H groups in total. The fraction of sp³-hybridized carbons (Fsp3) is 0.357. The molecule has 6 heteroatoms. The maximum absolute atomic E-state index is 11.8. The quantitative estimate of drug-likeness (QED) is 0.724. The third-order valence-corrected chi connectivity index (χ3v) is 2.74. The first kappa shape index (κ1) is 15.7. The van der Waals surface area contributed by atoms with E-state index in [2.05, 4.69) is 10.6 Å². The smallest absolute Gasteiger partial charge is 0.320 e. The molecule has 20 heavy (non-hydrogen) atoms. The number of rotatable bonds is 6. The largest absolute Gasteiger partial charge is 0.480 e. The van der Waals surface area contributed by atoms with Gasteiger partial charge in [-0.3, -0.25) is 14.9 Å². The first-order valence-electron chi connectivity index (χ1n) is 6.21. The summed E-state index contributed by atoms with van der Waals surface area (Å²) in [6, 6.07) is 7.81. The molecule has 0 aromatic heterocycles.